The summed E-state index contributed by atoms with van der Waals surface area (Å²) in [6, 6.07) is 19.9. The molecule has 0 radical (unpaired) electrons. The summed E-state index contributed by atoms with van der Waals surface area (Å²) in [6.45, 7) is 12.9. The Hall–Kier alpha value is -3.18. The van der Waals surface area contributed by atoms with Gasteiger partial charge in [-0.1, -0.05) is 64.3 Å². The summed E-state index contributed by atoms with van der Waals surface area (Å²) in [6.07, 6.45) is 7.01. The second-order valence-corrected chi connectivity index (χ2v) is 10.9. The molecular weight excluding hydrogens is 496 g/mol. The minimum atomic E-state index is 0.295. The first-order valence-electron chi connectivity index (χ1n) is 15.2. The van der Waals surface area contributed by atoms with Crippen LogP contribution in [-0.4, -0.2) is 48.4 Å². The highest BCUT2D eigenvalue weighted by molar-refractivity contribution is 5.59. The van der Waals surface area contributed by atoms with Crippen LogP contribution >= 0.6 is 0 Å². The summed E-state index contributed by atoms with van der Waals surface area (Å²) in [5.41, 5.74) is 6.15. The number of fused-ring (bicyclic) bond motifs is 1. The van der Waals surface area contributed by atoms with Crippen molar-refractivity contribution < 1.29 is 14.9 Å². The third-order valence-electron chi connectivity index (χ3n) is 7.88. The Morgan fingerprint density at radius 2 is 1.52 bits per heavy atom. The van der Waals surface area contributed by atoms with Crippen molar-refractivity contribution in [2.45, 2.75) is 78.7 Å². The lowest BCUT2D eigenvalue weighted by Gasteiger charge is -2.31. The predicted molar refractivity (Wildman–Crippen MR) is 168 cm³/mol. The highest BCUT2D eigenvalue weighted by atomic mass is 16.5. The Balaban J connectivity index is 0.000000810. The highest BCUT2D eigenvalue weighted by Crippen LogP contribution is 2.40. The van der Waals surface area contributed by atoms with Gasteiger partial charge in [-0.25, -0.2) is 0 Å². The fraction of sp³-hybridized carbons (Fsp3) is 0.486. The van der Waals surface area contributed by atoms with E-state index in [2.05, 4.69) is 68.8 Å². The van der Waals surface area contributed by atoms with Crippen molar-refractivity contribution >= 4 is 5.69 Å². The molecule has 0 heterocycles. The molecule has 0 fully saturated rings. The SMILES string of the molecule is CCCCC.CCN(C)CCOc1ccc(CN(CC)c2cc(O)ccc2C2CCc3cc(O)ccc3C2)cc1. The van der Waals surface area contributed by atoms with Gasteiger partial charge in [0.15, 0.2) is 0 Å². The number of likely N-dealkylation sites (N-methyl/N-ethyl adjacent to an activating group) is 1. The van der Waals surface area contributed by atoms with Gasteiger partial charge in [-0.15, -0.1) is 0 Å². The Bertz CT molecular complexity index is 1160. The molecule has 1 aliphatic carbocycles. The highest BCUT2D eigenvalue weighted by Gasteiger charge is 2.24. The Labute approximate surface area is 242 Å². The third-order valence-corrected chi connectivity index (χ3v) is 7.88. The van der Waals surface area contributed by atoms with E-state index in [0.29, 0.717) is 24.0 Å². The Morgan fingerprint density at radius 1 is 0.825 bits per heavy atom. The first-order valence-corrected chi connectivity index (χ1v) is 15.2. The maximum absolute atomic E-state index is 10.3. The third kappa shape index (κ3) is 9.19. The van der Waals surface area contributed by atoms with E-state index < -0.39 is 0 Å². The quantitative estimate of drug-likeness (QED) is 0.242. The number of ether oxygens (including phenoxy) is 1. The number of phenolic OH excluding ortho intramolecular Hbond substituents is 2. The van der Waals surface area contributed by atoms with Crippen LogP contribution in [0, 0.1) is 0 Å². The molecular formula is C35H50N2O3. The van der Waals surface area contributed by atoms with E-state index in [9.17, 15) is 10.2 Å². The van der Waals surface area contributed by atoms with Crippen LogP contribution in [0.5, 0.6) is 17.2 Å². The minimum Gasteiger partial charge on any atom is -0.508 e. The van der Waals surface area contributed by atoms with Crippen molar-refractivity contribution in [2.75, 3.05) is 38.2 Å². The van der Waals surface area contributed by atoms with Crippen LogP contribution in [0.4, 0.5) is 5.69 Å². The van der Waals surface area contributed by atoms with Crippen molar-refractivity contribution in [1.29, 1.82) is 0 Å². The molecule has 0 bridgehead atoms. The normalized spacial score (nSPS) is 14.3. The predicted octanol–water partition coefficient (Wildman–Crippen LogP) is 7.92. The zero-order valence-electron chi connectivity index (χ0n) is 25.3. The first-order chi connectivity index (χ1) is 19.4. The Kier molecular flexibility index (Phi) is 12.7. The number of nitrogens with zero attached hydrogens (tertiary/aromatic N) is 2. The number of hydrogen-bond acceptors (Lipinski definition) is 5. The largest absolute Gasteiger partial charge is 0.508 e. The second-order valence-electron chi connectivity index (χ2n) is 10.9. The summed E-state index contributed by atoms with van der Waals surface area (Å²) in [4.78, 5) is 4.57. The minimum absolute atomic E-state index is 0.295. The maximum Gasteiger partial charge on any atom is 0.119 e. The van der Waals surface area contributed by atoms with Crippen LogP contribution in [0.3, 0.4) is 0 Å². The van der Waals surface area contributed by atoms with E-state index in [1.807, 2.05) is 24.3 Å². The molecule has 5 heteroatoms. The average Bonchev–Trinajstić information content (AvgIpc) is 2.97. The van der Waals surface area contributed by atoms with Gasteiger partial charge in [0.2, 0.25) is 0 Å². The van der Waals surface area contributed by atoms with Gasteiger partial charge in [0, 0.05) is 31.4 Å². The second kappa shape index (κ2) is 16.2. The van der Waals surface area contributed by atoms with E-state index in [-0.39, 0.29) is 0 Å². The standard InChI is InChI=1S/C30H38N2O3.C5H12/c1-4-31(3)16-17-35-28-13-6-22(7-14-28)21-32(5-2)30-20-27(34)12-15-29(30)25-9-8-24-19-26(33)11-10-23(24)18-25;1-3-5-4-2/h6-7,10-15,19-20,25,33-34H,4-5,8-9,16-18,21H2,1-3H3;3-5H2,1-2H3. The Morgan fingerprint density at radius 3 is 2.17 bits per heavy atom. The number of benzene rings is 3. The van der Waals surface area contributed by atoms with Crippen molar-refractivity contribution in [2.24, 2.45) is 0 Å². The molecule has 2 N–H and O–H groups in total. The molecule has 0 aliphatic heterocycles. The molecule has 0 saturated carbocycles. The van der Waals surface area contributed by atoms with Gasteiger partial charge in [-0.3, -0.25) is 0 Å². The number of anilines is 1. The van der Waals surface area contributed by atoms with Crippen LogP contribution in [-0.2, 0) is 19.4 Å². The molecule has 1 aliphatic rings. The maximum atomic E-state index is 10.3. The number of hydrogen-bond donors (Lipinski definition) is 2. The van der Waals surface area contributed by atoms with Gasteiger partial charge in [0.1, 0.15) is 23.9 Å². The zero-order valence-corrected chi connectivity index (χ0v) is 25.3. The number of aryl methyl sites for hydroxylation is 1. The first kappa shape index (κ1) is 31.3. The molecule has 5 nitrogen and oxygen atoms in total. The number of phenols is 2. The zero-order chi connectivity index (χ0) is 28.9. The van der Waals surface area contributed by atoms with E-state index in [1.165, 1.54) is 41.5 Å². The number of rotatable bonds is 12. The van der Waals surface area contributed by atoms with Crippen LogP contribution in [0.2, 0.25) is 0 Å². The molecule has 3 aromatic rings. The van der Waals surface area contributed by atoms with E-state index in [4.69, 9.17) is 4.74 Å². The van der Waals surface area contributed by atoms with Crippen LogP contribution in [0.1, 0.15) is 81.5 Å². The topological polar surface area (TPSA) is 56.2 Å². The van der Waals surface area contributed by atoms with Crippen LogP contribution < -0.4 is 9.64 Å². The summed E-state index contributed by atoms with van der Waals surface area (Å²) >= 11 is 0. The van der Waals surface area contributed by atoms with Crippen LogP contribution in [0.15, 0.2) is 60.7 Å². The summed E-state index contributed by atoms with van der Waals surface area (Å²) in [7, 11) is 2.10. The van der Waals surface area contributed by atoms with Gasteiger partial charge >= 0.3 is 0 Å². The van der Waals surface area contributed by atoms with Gasteiger partial charge in [-0.2, -0.15) is 0 Å². The van der Waals surface area contributed by atoms with Crippen LogP contribution in [0.25, 0.3) is 0 Å². The molecule has 0 saturated heterocycles. The van der Waals surface area contributed by atoms with Gasteiger partial charge in [0.25, 0.3) is 0 Å². The average molecular weight is 547 g/mol. The van der Waals surface area contributed by atoms with Crippen molar-refractivity contribution in [1.82, 2.24) is 4.90 Å². The lowest BCUT2D eigenvalue weighted by atomic mass is 9.79. The molecule has 218 valence electrons. The van der Waals surface area contributed by atoms with E-state index >= 15 is 0 Å². The lowest BCUT2D eigenvalue weighted by molar-refractivity contribution is 0.244. The molecule has 0 spiro atoms. The lowest BCUT2D eigenvalue weighted by Crippen LogP contribution is -2.25. The van der Waals surface area contributed by atoms with E-state index in [1.54, 1.807) is 12.1 Å². The smallest absolute Gasteiger partial charge is 0.119 e. The van der Waals surface area contributed by atoms with E-state index in [0.717, 1.165) is 56.9 Å². The molecule has 1 unspecified atom stereocenters. The summed E-state index contributed by atoms with van der Waals surface area (Å²) in [5.74, 6) is 1.92. The van der Waals surface area contributed by atoms with Crippen molar-refractivity contribution in [3.63, 3.8) is 0 Å². The van der Waals surface area contributed by atoms with Gasteiger partial charge in [-0.05, 0) is 98.3 Å². The molecule has 3 aromatic carbocycles. The number of aromatic hydroxyl groups is 2. The van der Waals surface area contributed by atoms with Gasteiger partial charge in [0.05, 0.1) is 0 Å². The fourth-order valence-electron chi connectivity index (χ4n) is 5.27. The summed E-state index contributed by atoms with van der Waals surface area (Å²) in [5, 5.41) is 20.2. The monoisotopic (exact) mass is 546 g/mol. The summed E-state index contributed by atoms with van der Waals surface area (Å²) < 4.78 is 5.90. The molecule has 0 aromatic heterocycles. The molecule has 1 atom stereocenters. The molecule has 4 rings (SSSR count). The molecule has 40 heavy (non-hydrogen) atoms. The van der Waals surface area contributed by atoms with Crippen molar-refractivity contribution in [3.05, 3.63) is 82.9 Å². The molecule has 0 amide bonds. The van der Waals surface area contributed by atoms with Crippen molar-refractivity contribution in [3.8, 4) is 17.2 Å². The fourth-order valence-corrected chi connectivity index (χ4v) is 5.27. The van der Waals surface area contributed by atoms with Gasteiger partial charge < -0.3 is 24.7 Å². The number of unbranched alkanes of at least 4 members (excludes halogenated alkanes) is 2.